The minimum Gasteiger partial charge on any atom is -0.494 e. The van der Waals surface area contributed by atoms with Crippen molar-refractivity contribution >= 4 is 29.1 Å². The maximum Gasteiger partial charge on any atom is 0.430 e. The number of piperidine rings is 2. The van der Waals surface area contributed by atoms with Gasteiger partial charge in [-0.05, 0) is 80.7 Å². The van der Waals surface area contributed by atoms with Crippen molar-refractivity contribution in [1.29, 1.82) is 0 Å². The molecule has 0 aliphatic carbocycles. The summed E-state index contributed by atoms with van der Waals surface area (Å²) in [5.74, 6) is -0.884. The summed E-state index contributed by atoms with van der Waals surface area (Å²) < 4.78 is 48.1. The van der Waals surface area contributed by atoms with Gasteiger partial charge in [-0.2, -0.15) is 13.2 Å². The lowest BCUT2D eigenvalue weighted by atomic mass is 9.71. The van der Waals surface area contributed by atoms with E-state index in [4.69, 9.17) is 16.3 Å². The van der Waals surface area contributed by atoms with Gasteiger partial charge >= 0.3 is 6.18 Å². The second kappa shape index (κ2) is 12.9. The first-order chi connectivity index (χ1) is 20.2. The van der Waals surface area contributed by atoms with Crippen LogP contribution in [0.15, 0.2) is 42.5 Å². The van der Waals surface area contributed by atoms with E-state index in [0.717, 1.165) is 55.1 Å². The SMILES string of the molecule is CCOc1cccc([C@@](O)(C(=O)N2CCC(C)(CC3CCN(c4ccc(C(=O)N(C)C)c(Cl)c4)CC3)CC2)C(F)(F)F)c1. The predicted octanol–water partition coefficient (Wildman–Crippen LogP) is 6.13. The first-order valence-corrected chi connectivity index (χ1v) is 15.1. The Bertz CT molecular complexity index is 1310. The number of benzene rings is 2. The van der Waals surface area contributed by atoms with Crippen molar-refractivity contribution in [3.8, 4) is 5.75 Å². The highest BCUT2D eigenvalue weighted by Crippen LogP contribution is 2.45. The Morgan fingerprint density at radius 3 is 2.28 bits per heavy atom. The van der Waals surface area contributed by atoms with Gasteiger partial charge in [-0.15, -0.1) is 0 Å². The fourth-order valence-electron chi connectivity index (χ4n) is 6.28. The fourth-order valence-corrected chi connectivity index (χ4v) is 6.53. The molecule has 2 aliphatic rings. The number of hydrogen-bond donors (Lipinski definition) is 1. The Kier molecular flexibility index (Phi) is 9.91. The Morgan fingerprint density at radius 2 is 1.72 bits per heavy atom. The Balaban J connectivity index is 1.35. The van der Waals surface area contributed by atoms with Crippen molar-refractivity contribution in [2.45, 2.75) is 57.7 Å². The molecular weight excluding hydrogens is 583 g/mol. The molecule has 1 N–H and O–H groups in total. The maximum absolute atomic E-state index is 14.3. The third kappa shape index (κ3) is 7.06. The normalized spacial score (nSPS) is 19.1. The smallest absolute Gasteiger partial charge is 0.430 e. The summed E-state index contributed by atoms with van der Waals surface area (Å²) in [4.78, 5) is 30.5. The fraction of sp³-hybridized carbons (Fsp3) is 0.562. The van der Waals surface area contributed by atoms with Crippen LogP contribution >= 0.6 is 11.6 Å². The van der Waals surface area contributed by atoms with Crippen LogP contribution in [0.4, 0.5) is 18.9 Å². The molecule has 0 spiro atoms. The molecule has 2 aromatic rings. The summed E-state index contributed by atoms with van der Waals surface area (Å²) >= 11 is 6.42. The van der Waals surface area contributed by atoms with E-state index in [-0.39, 0.29) is 36.8 Å². The minimum atomic E-state index is -5.20. The molecular formula is C32H41ClF3N3O4. The summed E-state index contributed by atoms with van der Waals surface area (Å²) in [6.07, 6.45) is -1.25. The number of likely N-dealkylation sites (tertiary alicyclic amines) is 1. The average Bonchev–Trinajstić information content (AvgIpc) is 2.96. The Morgan fingerprint density at radius 1 is 1.07 bits per heavy atom. The number of carbonyl (C=O) groups excluding carboxylic acids is 2. The number of anilines is 1. The lowest BCUT2D eigenvalue weighted by Gasteiger charge is -2.45. The predicted molar refractivity (Wildman–Crippen MR) is 161 cm³/mol. The quantitative estimate of drug-likeness (QED) is 0.383. The third-order valence-corrected chi connectivity index (χ3v) is 9.20. The molecule has 0 saturated carbocycles. The molecule has 2 aliphatic heterocycles. The topological polar surface area (TPSA) is 73.3 Å². The van der Waals surface area contributed by atoms with Crippen LogP contribution in [0.3, 0.4) is 0 Å². The lowest BCUT2D eigenvalue weighted by molar-refractivity contribution is -0.262. The maximum atomic E-state index is 14.3. The number of carbonyl (C=O) groups is 2. The molecule has 0 unspecified atom stereocenters. The van der Waals surface area contributed by atoms with Crippen LogP contribution in [-0.2, 0) is 10.4 Å². The Hall–Kier alpha value is -2.98. The van der Waals surface area contributed by atoms with Gasteiger partial charge < -0.3 is 24.5 Å². The third-order valence-electron chi connectivity index (χ3n) is 8.89. The van der Waals surface area contributed by atoms with E-state index in [2.05, 4.69) is 11.8 Å². The molecule has 4 rings (SSSR count). The van der Waals surface area contributed by atoms with Crippen LogP contribution in [0.25, 0.3) is 0 Å². The van der Waals surface area contributed by atoms with Gasteiger partial charge in [0.15, 0.2) is 0 Å². The molecule has 2 heterocycles. The minimum absolute atomic E-state index is 0.119. The van der Waals surface area contributed by atoms with E-state index in [1.807, 2.05) is 12.1 Å². The number of aliphatic hydroxyl groups is 1. The lowest BCUT2D eigenvalue weighted by Crippen LogP contribution is -2.57. The van der Waals surface area contributed by atoms with Crippen LogP contribution in [0.5, 0.6) is 5.75 Å². The monoisotopic (exact) mass is 623 g/mol. The van der Waals surface area contributed by atoms with Crippen LogP contribution in [-0.4, -0.2) is 79.8 Å². The molecule has 2 amide bonds. The number of ether oxygens (including phenoxy) is 1. The van der Waals surface area contributed by atoms with Gasteiger partial charge in [0.05, 0.1) is 17.2 Å². The van der Waals surface area contributed by atoms with Crippen LogP contribution < -0.4 is 9.64 Å². The largest absolute Gasteiger partial charge is 0.494 e. The molecule has 43 heavy (non-hydrogen) atoms. The van der Waals surface area contributed by atoms with Crippen LogP contribution in [0, 0.1) is 11.3 Å². The molecule has 2 aromatic carbocycles. The van der Waals surface area contributed by atoms with Gasteiger partial charge in [0.25, 0.3) is 17.4 Å². The average molecular weight is 624 g/mol. The van der Waals surface area contributed by atoms with E-state index in [1.54, 1.807) is 27.1 Å². The molecule has 7 nitrogen and oxygen atoms in total. The zero-order chi connectivity index (χ0) is 31.6. The Labute approximate surface area is 256 Å². The second-order valence-electron chi connectivity index (χ2n) is 12.3. The van der Waals surface area contributed by atoms with Gasteiger partial charge in [-0.1, -0.05) is 30.7 Å². The standard InChI is InChI=1S/C32H41ClF3N3O4/c1-5-43-25-8-6-7-23(19-25)31(42,32(34,35)36)29(41)39-17-13-30(2,14-18-39)21-22-11-15-38(16-12-22)24-9-10-26(27(33)20-24)28(40)37(3)4/h6-10,19-20,22,42H,5,11-18,21H2,1-4H3/t31-/m1/s1. The van der Waals surface area contributed by atoms with Gasteiger partial charge in [-0.25, -0.2) is 0 Å². The molecule has 1 atom stereocenters. The molecule has 0 radical (unpaired) electrons. The van der Waals surface area contributed by atoms with Crippen molar-refractivity contribution < 1.29 is 32.6 Å². The van der Waals surface area contributed by atoms with E-state index < -0.39 is 23.2 Å². The highest BCUT2D eigenvalue weighted by atomic mass is 35.5. The van der Waals surface area contributed by atoms with Crippen molar-refractivity contribution in [1.82, 2.24) is 9.80 Å². The molecule has 236 valence electrons. The van der Waals surface area contributed by atoms with Gasteiger partial charge in [0, 0.05) is 51.5 Å². The van der Waals surface area contributed by atoms with Crippen molar-refractivity contribution in [3.05, 3.63) is 58.6 Å². The van der Waals surface area contributed by atoms with Crippen molar-refractivity contribution in [2.75, 3.05) is 51.8 Å². The van der Waals surface area contributed by atoms with Crippen molar-refractivity contribution in [3.63, 3.8) is 0 Å². The van der Waals surface area contributed by atoms with E-state index in [1.165, 1.54) is 17.0 Å². The van der Waals surface area contributed by atoms with Crippen LogP contribution in [0.2, 0.25) is 5.02 Å². The number of amides is 2. The van der Waals surface area contributed by atoms with Gasteiger partial charge in [0.2, 0.25) is 0 Å². The molecule has 11 heteroatoms. The van der Waals surface area contributed by atoms with E-state index >= 15 is 0 Å². The highest BCUT2D eigenvalue weighted by Gasteiger charge is 2.62. The highest BCUT2D eigenvalue weighted by molar-refractivity contribution is 6.34. The van der Waals surface area contributed by atoms with E-state index in [9.17, 15) is 27.9 Å². The van der Waals surface area contributed by atoms with E-state index in [0.29, 0.717) is 29.3 Å². The zero-order valence-electron chi connectivity index (χ0n) is 25.2. The molecule has 0 aromatic heterocycles. The number of hydrogen-bond acceptors (Lipinski definition) is 5. The number of halogens is 4. The number of nitrogens with zero attached hydrogens (tertiary/aromatic N) is 3. The molecule has 2 fully saturated rings. The number of rotatable bonds is 8. The summed E-state index contributed by atoms with van der Waals surface area (Å²) in [5.41, 5.74) is -2.87. The second-order valence-corrected chi connectivity index (χ2v) is 12.7. The zero-order valence-corrected chi connectivity index (χ0v) is 26.0. The summed E-state index contributed by atoms with van der Waals surface area (Å²) in [6, 6.07) is 10.6. The van der Waals surface area contributed by atoms with Crippen LogP contribution in [0.1, 0.15) is 61.9 Å². The first-order valence-electron chi connectivity index (χ1n) is 14.8. The first kappa shape index (κ1) is 32.9. The van der Waals surface area contributed by atoms with Gasteiger partial charge in [0.1, 0.15) is 5.75 Å². The number of alkyl halides is 3. The summed E-state index contributed by atoms with van der Waals surface area (Å²) in [7, 11) is 3.37. The summed E-state index contributed by atoms with van der Waals surface area (Å²) in [5, 5.41) is 11.3. The summed E-state index contributed by atoms with van der Waals surface area (Å²) in [6.45, 7) is 6.05. The van der Waals surface area contributed by atoms with Gasteiger partial charge in [-0.3, -0.25) is 9.59 Å². The van der Waals surface area contributed by atoms with Crippen molar-refractivity contribution in [2.24, 2.45) is 11.3 Å². The molecule has 2 saturated heterocycles. The molecule has 0 bridgehead atoms.